The molecule has 14 heavy (non-hydrogen) atoms. The van der Waals surface area contributed by atoms with E-state index in [-0.39, 0.29) is 11.6 Å². The van der Waals surface area contributed by atoms with Gasteiger partial charge in [-0.15, -0.1) is 0 Å². The lowest BCUT2D eigenvalue weighted by Gasteiger charge is -2.16. The van der Waals surface area contributed by atoms with E-state index in [2.05, 4.69) is 13.5 Å². The third kappa shape index (κ3) is 3.17. The molecule has 2 nitrogen and oxygen atoms in total. The number of hydrogen-bond acceptors (Lipinski definition) is 2. The molecule has 1 saturated carbocycles. The Morgan fingerprint density at radius 1 is 1.43 bits per heavy atom. The van der Waals surface area contributed by atoms with Crippen LogP contribution >= 0.6 is 0 Å². The third-order valence-electron chi connectivity index (χ3n) is 2.70. The first-order chi connectivity index (χ1) is 6.59. The van der Waals surface area contributed by atoms with Gasteiger partial charge in [0.1, 0.15) is 5.60 Å². The molecule has 0 aromatic heterocycles. The second kappa shape index (κ2) is 4.63. The molecule has 2 heteroatoms. The molecule has 1 aliphatic carbocycles. The van der Waals surface area contributed by atoms with Gasteiger partial charge in [-0.1, -0.05) is 26.3 Å². The van der Waals surface area contributed by atoms with E-state index in [0.29, 0.717) is 5.57 Å². The van der Waals surface area contributed by atoms with Crippen molar-refractivity contribution in [1.82, 2.24) is 0 Å². The predicted molar refractivity (Wildman–Crippen MR) is 57.0 cm³/mol. The van der Waals surface area contributed by atoms with Gasteiger partial charge >= 0.3 is 5.97 Å². The summed E-state index contributed by atoms with van der Waals surface area (Å²) in [5.41, 5.74) is 0.400. The number of esters is 1. The van der Waals surface area contributed by atoms with E-state index in [1.807, 2.05) is 0 Å². The molecule has 0 heterocycles. The molecule has 0 aliphatic heterocycles. The van der Waals surface area contributed by atoms with Gasteiger partial charge in [-0.25, -0.2) is 4.79 Å². The van der Waals surface area contributed by atoms with Gasteiger partial charge in [0.05, 0.1) is 0 Å². The molecule has 0 aromatic carbocycles. The molecular formula is C12H20O2. The number of carbonyl (C=O) groups excluding carboxylic acids is 1. The summed E-state index contributed by atoms with van der Waals surface area (Å²) in [6.45, 7) is 7.47. The normalized spacial score (nSPS) is 17.6. The van der Waals surface area contributed by atoms with Crippen molar-refractivity contribution in [3.05, 3.63) is 12.2 Å². The minimum absolute atomic E-state index is 0.106. The van der Waals surface area contributed by atoms with Crippen molar-refractivity contribution in [3.8, 4) is 0 Å². The maximum atomic E-state index is 11.3. The first-order valence-corrected chi connectivity index (χ1v) is 5.48. The molecule has 0 atom stereocenters. The van der Waals surface area contributed by atoms with Crippen LogP contribution in [0.15, 0.2) is 12.2 Å². The lowest BCUT2D eigenvalue weighted by molar-refractivity contribution is -0.146. The van der Waals surface area contributed by atoms with E-state index in [4.69, 9.17) is 4.74 Å². The highest BCUT2D eigenvalue weighted by Gasteiger charge is 2.45. The van der Waals surface area contributed by atoms with E-state index in [0.717, 1.165) is 19.3 Å². The van der Waals surface area contributed by atoms with Crippen molar-refractivity contribution in [2.24, 2.45) is 0 Å². The van der Waals surface area contributed by atoms with Crippen LogP contribution in [0.25, 0.3) is 0 Å². The van der Waals surface area contributed by atoms with E-state index in [9.17, 15) is 4.79 Å². The predicted octanol–water partition coefficient (Wildman–Crippen LogP) is 3.22. The van der Waals surface area contributed by atoms with Crippen molar-refractivity contribution < 1.29 is 9.53 Å². The highest BCUT2D eigenvalue weighted by atomic mass is 16.6. The second-order valence-electron chi connectivity index (χ2n) is 4.31. The van der Waals surface area contributed by atoms with Gasteiger partial charge in [0.15, 0.2) is 0 Å². The van der Waals surface area contributed by atoms with Gasteiger partial charge in [0.2, 0.25) is 0 Å². The summed E-state index contributed by atoms with van der Waals surface area (Å²) in [4.78, 5) is 11.3. The highest BCUT2D eigenvalue weighted by molar-refractivity contribution is 5.87. The SMILES string of the molecule is C=C(C)C(=O)OC1(CCCCC)CC1. The molecule has 0 saturated heterocycles. The Kier molecular flexibility index (Phi) is 3.73. The summed E-state index contributed by atoms with van der Waals surface area (Å²) in [6, 6.07) is 0. The molecular weight excluding hydrogens is 176 g/mol. The molecule has 1 rings (SSSR count). The van der Waals surface area contributed by atoms with Gasteiger partial charge in [-0.2, -0.15) is 0 Å². The smallest absolute Gasteiger partial charge is 0.333 e. The van der Waals surface area contributed by atoms with Crippen molar-refractivity contribution >= 4 is 5.97 Å². The van der Waals surface area contributed by atoms with Crippen LogP contribution in [0.4, 0.5) is 0 Å². The first kappa shape index (κ1) is 11.3. The Labute approximate surface area is 86.3 Å². The summed E-state index contributed by atoms with van der Waals surface area (Å²) >= 11 is 0. The third-order valence-corrected chi connectivity index (χ3v) is 2.70. The summed E-state index contributed by atoms with van der Waals surface area (Å²) < 4.78 is 5.42. The van der Waals surface area contributed by atoms with E-state index < -0.39 is 0 Å². The fourth-order valence-electron chi connectivity index (χ4n) is 1.52. The van der Waals surface area contributed by atoms with Crippen LogP contribution in [-0.4, -0.2) is 11.6 Å². The largest absolute Gasteiger partial charge is 0.456 e. The van der Waals surface area contributed by atoms with Gasteiger partial charge in [0.25, 0.3) is 0 Å². The lowest BCUT2D eigenvalue weighted by Crippen LogP contribution is -2.19. The molecule has 0 spiro atoms. The van der Waals surface area contributed by atoms with Crippen LogP contribution in [0, 0.1) is 0 Å². The quantitative estimate of drug-likeness (QED) is 0.370. The van der Waals surface area contributed by atoms with Crippen LogP contribution in [0.1, 0.15) is 52.4 Å². The first-order valence-electron chi connectivity index (χ1n) is 5.48. The molecule has 80 valence electrons. The highest BCUT2D eigenvalue weighted by Crippen LogP contribution is 2.44. The summed E-state index contributed by atoms with van der Waals surface area (Å²) in [5.74, 6) is -0.223. The van der Waals surface area contributed by atoms with Gasteiger partial charge < -0.3 is 4.74 Å². The zero-order chi connectivity index (χ0) is 10.6. The standard InChI is InChI=1S/C12H20O2/c1-4-5-6-7-12(8-9-12)14-11(13)10(2)3/h2,4-9H2,1,3H3. The van der Waals surface area contributed by atoms with E-state index >= 15 is 0 Å². The van der Waals surface area contributed by atoms with Gasteiger partial charge in [0, 0.05) is 5.57 Å². The monoisotopic (exact) mass is 196 g/mol. The maximum absolute atomic E-state index is 11.3. The number of hydrogen-bond donors (Lipinski definition) is 0. The molecule has 0 unspecified atom stereocenters. The molecule has 1 aliphatic rings. The summed E-state index contributed by atoms with van der Waals surface area (Å²) in [7, 11) is 0. The van der Waals surface area contributed by atoms with Crippen LogP contribution in [0.3, 0.4) is 0 Å². The summed E-state index contributed by atoms with van der Waals surface area (Å²) in [5, 5.41) is 0. The zero-order valence-corrected chi connectivity index (χ0v) is 9.27. The Balaban J connectivity index is 2.28. The van der Waals surface area contributed by atoms with Crippen LogP contribution in [0.5, 0.6) is 0 Å². The van der Waals surface area contributed by atoms with Gasteiger partial charge in [-0.05, 0) is 32.6 Å². The van der Waals surface area contributed by atoms with Crippen molar-refractivity contribution in [2.75, 3.05) is 0 Å². The number of carbonyl (C=O) groups is 1. The average molecular weight is 196 g/mol. The minimum Gasteiger partial charge on any atom is -0.456 e. The molecule has 0 bridgehead atoms. The fraction of sp³-hybridized carbons (Fsp3) is 0.750. The van der Waals surface area contributed by atoms with Crippen LogP contribution in [0.2, 0.25) is 0 Å². The Morgan fingerprint density at radius 2 is 2.07 bits per heavy atom. The van der Waals surface area contributed by atoms with E-state index in [1.54, 1.807) is 6.92 Å². The van der Waals surface area contributed by atoms with Crippen LogP contribution < -0.4 is 0 Å². The number of ether oxygens (including phenoxy) is 1. The number of rotatable bonds is 6. The fourth-order valence-corrected chi connectivity index (χ4v) is 1.52. The van der Waals surface area contributed by atoms with Crippen LogP contribution in [-0.2, 0) is 9.53 Å². The van der Waals surface area contributed by atoms with Crippen molar-refractivity contribution in [1.29, 1.82) is 0 Å². The molecule has 0 N–H and O–H groups in total. The average Bonchev–Trinajstić information content (AvgIpc) is 2.86. The van der Waals surface area contributed by atoms with Crippen molar-refractivity contribution in [2.45, 2.75) is 58.0 Å². The topological polar surface area (TPSA) is 26.3 Å². The molecule has 0 aromatic rings. The Bertz CT molecular complexity index is 226. The Morgan fingerprint density at radius 3 is 2.50 bits per heavy atom. The molecule has 1 fully saturated rings. The minimum atomic E-state index is -0.223. The molecule has 0 radical (unpaired) electrons. The van der Waals surface area contributed by atoms with E-state index in [1.165, 1.54) is 19.3 Å². The van der Waals surface area contributed by atoms with Gasteiger partial charge in [-0.3, -0.25) is 0 Å². The lowest BCUT2D eigenvalue weighted by atomic mass is 10.1. The van der Waals surface area contributed by atoms with Crippen molar-refractivity contribution in [3.63, 3.8) is 0 Å². The number of unbranched alkanes of at least 4 members (excludes halogenated alkanes) is 2. The Hall–Kier alpha value is -0.790. The maximum Gasteiger partial charge on any atom is 0.333 e. The zero-order valence-electron chi connectivity index (χ0n) is 9.27. The summed E-state index contributed by atoms with van der Waals surface area (Å²) in [6.07, 6.45) is 6.71. The molecule has 0 amide bonds. The second-order valence-corrected chi connectivity index (χ2v) is 4.31.